The average molecular weight is 297 g/mol. The number of aliphatic hydroxyl groups excluding tert-OH is 1. The van der Waals surface area contributed by atoms with Gasteiger partial charge in [0.05, 0.1) is 6.10 Å². The van der Waals surface area contributed by atoms with Crippen LogP contribution in [0.5, 0.6) is 0 Å². The van der Waals surface area contributed by atoms with E-state index in [-0.39, 0.29) is 11.8 Å². The summed E-state index contributed by atoms with van der Waals surface area (Å²) >= 11 is 5.83. The number of benzene rings is 1. The molecule has 1 fully saturated rings. The molecule has 0 aliphatic heterocycles. The first kappa shape index (κ1) is 14.8. The summed E-state index contributed by atoms with van der Waals surface area (Å²) in [5, 5.41) is 15.4. The summed E-state index contributed by atoms with van der Waals surface area (Å²) in [6, 6.07) is 5.71. The minimum atomic E-state index is -0.975. The SMILES string of the molecule is CC(O)C(NC(=O)C1CC1)C(=O)Nc1cccc(Cl)c1. The van der Waals surface area contributed by atoms with Gasteiger partial charge in [-0.15, -0.1) is 0 Å². The second-order valence-electron chi connectivity index (χ2n) is 5.00. The Morgan fingerprint density at radius 3 is 2.65 bits per heavy atom. The molecular formula is C14H17ClN2O3. The van der Waals surface area contributed by atoms with Crippen molar-refractivity contribution in [3.05, 3.63) is 29.3 Å². The summed E-state index contributed by atoms with van der Waals surface area (Å²) in [6.07, 6.45) is 0.708. The molecule has 0 saturated heterocycles. The van der Waals surface area contributed by atoms with E-state index < -0.39 is 18.1 Å². The van der Waals surface area contributed by atoms with E-state index in [1.54, 1.807) is 24.3 Å². The van der Waals surface area contributed by atoms with Gasteiger partial charge in [0.1, 0.15) is 6.04 Å². The summed E-state index contributed by atoms with van der Waals surface area (Å²) in [4.78, 5) is 23.8. The maximum absolute atomic E-state index is 12.1. The lowest BCUT2D eigenvalue weighted by Crippen LogP contribution is -2.50. The molecule has 2 amide bonds. The van der Waals surface area contributed by atoms with Gasteiger partial charge < -0.3 is 15.7 Å². The van der Waals surface area contributed by atoms with Crippen molar-refractivity contribution in [2.45, 2.75) is 31.9 Å². The van der Waals surface area contributed by atoms with Gasteiger partial charge in [0.25, 0.3) is 0 Å². The number of hydrogen-bond acceptors (Lipinski definition) is 3. The highest BCUT2D eigenvalue weighted by Gasteiger charge is 2.34. The van der Waals surface area contributed by atoms with E-state index in [1.807, 2.05) is 0 Å². The van der Waals surface area contributed by atoms with E-state index in [1.165, 1.54) is 6.92 Å². The minimum Gasteiger partial charge on any atom is -0.391 e. The highest BCUT2D eigenvalue weighted by Crippen LogP contribution is 2.29. The predicted octanol–water partition coefficient (Wildman–Crippen LogP) is 1.55. The molecule has 6 heteroatoms. The van der Waals surface area contributed by atoms with Gasteiger partial charge in [-0.3, -0.25) is 9.59 Å². The first-order valence-electron chi connectivity index (χ1n) is 6.52. The normalized spacial score (nSPS) is 17.1. The lowest BCUT2D eigenvalue weighted by molar-refractivity contribution is -0.129. The molecule has 1 saturated carbocycles. The van der Waals surface area contributed by atoms with Crippen LogP contribution in [0.1, 0.15) is 19.8 Å². The van der Waals surface area contributed by atoms with Crippen LogP contribution in [0, 0.1) is 5.92 Å². The molecule has 0 spiro atoms. The van der Waals surface area contributed by atoms with Crippen LogP contribution in [0.15, 0.2) is 24.3 Å². The van der Waals surface area contributed by atoms with Crippen LogP contribution in [0.4, 0.5) is 5.69 Å². The van der Waals surface area contributed by atoms with Crippen LogP contribution >= 0.6 is 11.6 Å². The van der Waals surface area contributed by atoms with Gasteiger partial charge >= 0.3 is 0 Å². The monoisotopic (exact) mass is 296 g/mol. The topological polar surface area (TPSA) is 78.4 Å². The third kappa shape index (κ3) is 3.95. The van der Waals surface area contributed by atoms with E-state index in [0.29, 0.717) is 10.7 Å². The predicted molar refractivity (Wildman–Crippen MR) is 76.4 cm³/mol. The van der Waals surface area contributed by atoms with Crippen LogP contribution in [-0.2, 0) is 9.59 Å². The fraction of sp³-hybridized carbons (Fsp3) is 0.429. The Hall–Kier alpha value is -1.59. The minimum absolute atomic E-state index is 0.0183. The molecule has 1 aliphatic rings. The molecule has 1 aliphatic carbocycles. The Labute approximate surface area is 122 Å². The zero-order valence-electron chi connectivity index (χ0n) is 11.1. The van der Waals surface area contributed by atoms with Crippen molar-refractivity contribution in [3.8, 4) is 0 Å². The fourth-order valence-electron chi connectivity index (χ4n) is 1.81. The van der Waals surface area contributed by atoms with Gasteiger partial charge in [-0.25, -0.2) is 0 Å². The molecule has 0 radical (unpaired) electrons. The number of amides is 2. The number of halogens is 1. The summed E-state index contributed by atoms with van der Waals surface area (Å²) in [5.74, 6) is -0.663. The van der Waals surface area contributed by atoms with Crippen LogP contribution in [0.3, 0.4) is 0 Å². The van der Waals surface area contributed by atoms with Crippen LogP contribution in [0.25, 0.3) is 0 Å². The van der Waals surface area contributed by atoms with Gasteiger partial charge in [0.15, 0.2) is 0 Å². The molecule has 2 unspecified atom stereocenters. The van der Waals surface area contributed by atoms with Gasteiger partial charge in [0, 0.05) is 16.6 Å². The van der Waals surface area contributed by atoms with Crippen molar-refractivity contribution in [1.82, 2.24) is 5.32 Å². The highest BCUT2D eigenvalue weighted by atomic mass is 35.5. The van der Waals surface area contributed by atoms with E-state index in [0.717, 1.165) is 12.8 Å². The second-order valence-corrected chi connectivity index (χ2v) is 5.44. The van der Waals surface area contributed by atoms with Crippen molar-refractivity contribution in [2.75, 3.05) is 5.32 Å². The van der Waals surface area contributed by atoms with E-state index in [2.05, 4.69) is 10.6 Å². The number of carbonyl (C=O) groups is 2. The lowest BCUT2D eigenvalue weighted by atomic mass is 10.1. The molecule has 0 heterocycles. The third-order valence-corrected chi connectivity index (χ3v) is 3.34. The molecule has 1 aromatic carbocycles. The highest BCUT2D eigenvalue weighted by molar-refractivity contribution is 6.30. The van der Waals surface area contributed by atoms with Crippen molar-refractivity contribution in [1.29, 1.82) is 0 Å². The number of aliphatic hydroxyl groups is 1. The summed E-state index contributed by atoms with van der Waals surface area (Å²) in [6.45, 7) is 1.47. The first-order valence-corrected chi connectivity index (χ1v) is 6.90. The van der Waals surface area contributed by atoms with Crippen LogP contribution in [-0.4, -0.2) is 29.1 Å². The lowest BCUT2D eigenvalue weighted by Gasteiger charge is -2.20. The van der Waals surface area contributed by atoms with Gasteiger partial charge in [-0.2, -0.15) is 0 Å². The molecule has 0 bridgehead atoms. The Kier molecular flexibility index (Phi) is 4.62. The zero-order valence-corrected chi connectivity index (χ0v) is 11.9. The van der Waals surface area contributed by atoms with Crippen molar-refractivity contribution >= 4 is 29.1 Å². The largest absolute Gasteiger partial charge is 0.391 e. The Morgan fingerprint density at radius 2 is 2.10 bits per heavy atom. The smallest absolute Gasteiger partial charge is 0.249 e. The molecular weight excluding hydrogens is 280 g/mol. The van der Waals surface area contributed by atoms with Crippen molar-refractivity contribution in [3.63, 3.8) is 0 Å². The van der Waals surface area contributed by atoms with Gasteiger partial charge in [-0.1, -0.05) is 17.7 Å². The second kappa shape index (κ2) is 6.24. The molecule has 0 aromatic heterocycles. The summed E-state index contributed by atoms with van der Waals surface area (Å²) in [7, 11) is 0. The number of hydrogen-bond donors (Lipinski definition) is 3. The van der Waals surface area contributed by atoms with Crippen molar-refractivity contribution < 1.29 is 14.7 Å². The van der Waals surface area contributed by atoms with E-state index >= 15 is 0 Å². The third-order valence-electron chi connectivity index (χ3n) is 3.10. The average Bonchev–Trinajstić information content (AvgIpc) is 3.19. The molecule has 108 valence electrons. The number of rotatable bonds is 5. The van der Waals surface area contributed by atoms with Crippen LogP contribution in [0.2, 0.25) is 5.02 Å². The Balaban J connectivity index is 2.00. The maximum Gasteiger partial charge on any atom is 0.249 e. The van der Waals surface area contributed by atoms with Crippen LogP contribution < -0.4 is 10.6 Å². The van der Waals surface area contributed by atoms with E-state index in [4.69, 9.17) is 11.6 Å². The number of nitrogens with one attached hydrogen (secondary N) is 2. The summed E-state index contributed by atoms with van der Waals surface area (Å²) in [5.41, 5.74) is 0.522. The van der Waals surface area contributed by atoms with Gasteiger partial charge in [0.2, 0.25) is 11.8 Å². The fourth-order valence-corrected chi connectivity index (χ4v) is 2.00. The maximum atomic E-state index is 12.1. The first-order chi connectivity index (χ1) is 9.47. The van der Waals surface area contributed by atoms with Gasteiger partial charge in [-0.05, 0) is 38.0 Å². The summed E-state index contributed by atoms with van der Waals surface area (Å²) < 4.78 is 0. The molecule has 3 N–H and O–H groups in total. The number of carbonyl (C=O) groups excluding carboxylic acids is 2. The zero-order chi connectivity index (χ0) is 14.7. The molecule has 2 rings (SSSR count). The van der Waals surface area contributed by atoms with Crippen molar-refractivity contribution in [2.24, 2.45) is 5.92 Å². The van der Waals surface area contributed by atoms with E-state index in [9.17, 15) is 14.7 Å². The molecule has 20 heavy (non-hydrogen) atoms. The number of anilines is 1. The Morgan fingerprint density at radius 1 is 1.40 bits per heavy atom. The molecule has 1 aromatic rings. The molecule has 5 nitrogen and oxygen atoms in total. The molecule has 2 atom stereocenters. The standard InChI is InChI=1S/C14H17ClN2O3/c1-8(18)12(17-13(19)9-5-6-9)14(20)16-11-4-2-3-10(15)7-11/h2-4,7-9,12,18H,5-6H2,1H3,(H,16,20)(H,17,19). The Bertz CT molecular complexity index is 515. The quantitative estimate of drug-likeness (QED) is 0.771.